The van der Waals surface area contributed by atoms with Gasteiger partial charge in [-0.05, 0) is 18.6 Å². The molecule has 1 aromatic carbocycles. The fourth-order valence-electron chi connectivity index (χ4n) is 2.55. The Balaban J connectivity index is 1.74. The Hall–Kier alpha value is -1.85. The van der Waals surface area contributed by atoms with Crippen LogP contribution in [0.2, 0.25) is 0 Å². The maximum atomic E-state index is 12.6. The van der Waals surface area contributed by atoms with E-state index in [1.54, 1.807) is 36.0 Å². The van der Waals surface area contributed by atoms with Crippen molar-refractivity contribution in [2.45, 2.75) is 30.2 Å². The lowest BCUT2D eigenvalue weighted by atomic mass is 10.2. The van der Waals surface area contributed by atoms with Crippen LogP contribution in [0.15, 0.2) is 28.6 Å². The summed E-state index contributed by atoms with van der Waals surface area (Å²) in [7, 11) is -3.48. The number of para-hydroxylation sites is 2. The normalized spacial score (nSPS) is 17.0. The van der Waals surface area contributed by atoms with Crippen molar-refractivity contribution in [2.24, 2.45) is 0 Å². The van der Waals surface area contributed by atoms with Gasteiger partial charge in [-0.1, -0.05) is 42.2 Å². The van der Waals surface area contributed by atoms with E-state index in [2.05, 4.69) is 22.4 Å². The van der Waals surface area contributed by atoms with Crippen molar-refractivity contribution in [1.82, 2.24) is 10.2 Å². The number of hydrogen-bond acceptors (Lipinski definition) is 8. The molecule has 0 fully saturated rings. The van der Waals surface area contributed by atoms with Crippen molar-refractivity contribution in [3.8, 4) is 5.75 Å². The number of ether oxygens (including phenoxy) is 1. The molecular formula is C16H20N4O4S3. The van der Waals surface area contributed by atoms with Crippen LogP contribution in [-0.4, -0.2) is 49.2 Å². The molecule has 1 aliphatic rings. The summed E-state index contributed by atoms with van der Waals surface area (Å²) >= 11 is 2.90. The lowest BCUT2D eigenvalue weighted by Crippen LogP contribution is -2.35. The Labute approximate surface area is 166 Å². The molecule has 1 aromatic heterocycles. The molecule has 27 heavy (non-hydrogen) atoms. The van der Waals surface area contributed by atoms with Gasteiger partial charge in [0, 0.05) is 18.7 Å². The molecule has 0 aliphatic carbocycles. The summed E-state index contributed by atoms with van der Waals surface area (Å²) < 4.78 is 32.1. The van der Waals surface area contributed by atoms with E-state index in [0.29, 0.717) is 16.6 Å². The zero-order valence-corrected chi connectivity index (χ0v) is 17.4. The molecule has 8 nitrogen and oxygen atoms in total. The summed E-state index contributed by atoms with van der Waals surface area (Å²) in [5, 5.41) is 11.1. The quantitative estimate of drug-likeness (QED) is 0.557. The molecular weight excluding hydrogens is 408 g/mol. The van der Waals surface area contributed by atoms with Gasteiger partial charge in [0.25, 0.3) is 5.91 Å². The second kappa shape index (κ2) is 8.44. The Morgan fingerprint density at radius 2 is 2.19 bits per heavy atom. The second-order valence-electron chi connectivity index (χ2n) is 5.91. The summed E-state index contributed by atoms with van der Waals surface area (Å²) in [4.78, 5) is 12.6. The van der Waals surface area contributed by atoms with Gasteiger partial charge in [0.15, 0.2) is 10.4 Å². The summed E-state index contributed by atoms with van der Waals surface area (Å²) in [5.74, 6) is 0.923. The number of thioether (sulfide) groups is 1. The van der Waals surface area contributed by atoms with E-state index in [0.717, 1.165) is 22.8 Å². The molecule has 11 heteroatoms. The van der Waals surface area contributed by atoms with Gasteiger partial charge in [-0.3, -0.25) is 14.4 Å². The number of sulfonamides is 1. The molecule has 2 aromatic rings. The van der Waals surface area contributed by atoms with Gasteiger partial charge in [0.1, 0.15) is 5.75 Å². The zero-order chi connectivity index (χ0) is 19.4. The van der Waals surface area contributed by atoms with Gasteiger partial charge >= 0.3 is 0 Å². The summed E-state index contributed by atoms with van der Waals surface area (Å²) in [6, 6.07) is 6.79. The predicted octanol–water partition coefficient (Wildman–Crippen LogP) is 2.60. The fraction of sp³-hybridized carbons (Fsp3) is 0.438. The third-order valence-corrected chi connectivity index (χ3v) is 7.11. The van der Waals surface area contributed by atoms with Gasteiger partial charge < -0.3 is 4.74 Å². The van der Waals surface area contributed by atoms with Gasteiger partial charge in [0.2, 0.25) is 15.2 Å². The molecule has 1 aliphatic heterocycles. The van der Waals surface area contributed by atoms with E-state index in [1.165, 1.54) is 15.6 Å². The Bertz CT molecular complexity index is 916. The van der Waals surface area contributed by atoms with E-state index in [-0.39, 0.29) is 18.9 Å². The van der Waals surface area contributed by atoms with Crippen LogP contribution in [0.4, 0.5) is 10.8 Å². The Kier molecular flexibility index (Phi) is 6.22. The minimum atomic E-state index is -3.48. The third-order valence-electron chi connectivity index (χ3n) is 3.76. The first kappa shape index (κ1) is 19.9. The molecule has 1 N–H and O–H groups in total. The van der Waals surface area contributed by atoms with Crippen LogP contribution in [0, 0.1) is 0 Å². The molecule has 1 atom stereocenters. The third kappa shape index (κ3) is 4.90. The first-order chi connectivity index (χ1) is 12.9. The van der Waals surface area contributed by atoms with E-state index >= 15 is 0 Å². The van der Waals surface area contributed by atoms with Crippen LogP contribution in [0.1, 0.15) is 19.8 Å². The molecule has 146 valence electrons. The van der Waals surface area contributed by atoms with Gasteiger partial charge in [-0.2, -0.15) is 0 Å². The summed E-state index contributed by atoms with van der Waals surface area (Å²) in [6.45, 7) is 2.24. The zero-order valence-electron chi connectivity index (χ0n) is 14.9. The number of aromatic nitrogens is 2. The first-order valence-corrected chi connectivity index (χ1v) is 12.0. The predicted molar refractivity (Wildman–Crippen MR) is 107 cm³/mol. The number of hydrogen-bond donors (Lipinski definition) is 1. The van der Waals surface area contributed by atoms with Crippen LogP contribution >= 0.6 is 23.1 Å². The SMILES string of the molecule is CCCSc1nnc(NC(=O)[C@@H]2CCN(S(C)(=O)=O)c3ccccc3O2)s1. The molecule has 0 spiro atoms. The number of nitrogens with zero attached hydrogens (tertiary/aromatic N) is 3. The molecule has 0 bridgehead atoms. The number of amides is 1. The van der Waals surface area contributed by atoms with Gasteiger partial charge in [-0.15, -0.1) is 10.2 Å². The summed E-state index contributed by atoms with van der Waals surface area (Å²) in [6.07, 6.45) is 1.57. The second-order valence-corrected chi connectivity index (χ2v) is 10.1. The highest BCUT2D eigenvalue weighted by Crippen LogP contribution is 2.34. The number of fused-ring (bicyclic) bond motifs is 1. The number of anilines is 2. The lowest BCUT2D eigenvalue weighted by Gasteiger charge is -2.20. The number of benzene rings is 1. The highest BCUT2D eigenvalue weighted by atomic mass is 32.2. The summed E-state index contributed by atoms with van der Waals surface area (Å²) in [5.41, 5.74) is 0.435. The molecule has 3 rings (SSSR count). The number of nitrogens with one attached hydrogen (secondary N) is 1. The number of rotatable bonds is 6. The molecule has 0 saturated heterocycles. The average Bonchev–Trinajstić information content (AvgIpc) is 2.95. The van der Waals surface area contributed by atoms with Crippen molar-refractivity contribution in [3.05, 3.63) is 24.3 Å². The average molecular weight is 429 g/mol. The molecule has 0 unspecified atom stereocenters. The van der Waals surface area contributed by atoms with Crippen molar-refractivity contribution < 1.29 is 17.9 Å². The van der Waals surface area contributed by atoms with Crippen LogP contribution < -0.4 is 14.4 Å². The highest BCUT2D eigenvalue weighted by molar-refractivity contribution is 8.01. The van der Waals surface area contributed by atoms with E-state index in [1.807, 2.05) is 0 Å². The fourth-order valence-corrected chi connectivity index (χ4v) is 5.18. The smallest absolute Gasteiger partial charge is 0.267 e. The molecule has 0 saturated carbocycles. The van der Waals surface area contributed by atoms with E-state index in [4.69, 9.17) is 4.74 Å². The maximum Gasteiger partial charge on any atom is 0.267 e. The van der Waals surface area contributed by atoms with Crippen molar-refractivity contribution >= 4 is 49.8 Å². The van der Waals surface area contributed by atoms with Crippen LogP contribution in [-0.2, 0) is 14.8 Å². The molecule has 2 heterocycles. The first-order valence-electron chi connectivity index (χ1n) is 8.39. The highest BCUT2D eigenvalue weighted by Gasteiger charge is 2.31. The topological polar surface area (TPSA) is 101 Å². The minimum absolute atomic E-state index is 0.154. The van der Waals surface area contributed by atoms with Crippen molar-refractivity contribution in [2.75, 3.05) is 28.2 Å². The van der Waals surface area contributed by atoms with Crippen molar-refractivity contribution in [3.63, 3.8) is 0 Å². The Morgan fingerprint density at radius 3 is 2.93 bits per heavy atom. The van der Waals surface area contributed by atoms with Gasteiger partial charge in [0.05, 0.1) is 11.9 Å². The van der Waals surface area contributed by atoms with Crippen LogP contribution in [0.25, 0.3) is 0 Å². The standard InChI is InChI=1S/C16H20N4O4S3/c1-3-10-25-16-19-18-15(26-16)17-14(21)13-8-9-20(27(2,22)23)11-6-4-5-7-12(11)24-13/h4-7,13H,3,8-10H2,1-2H3,(H,17,18,21)/t13-/m0/s1. The monoisotopic (exact) mass is 428 g/mol. The maximum absolute atomic E-state index is 12.6. The minimum Gasteiger partial charge on any atom is -0.478 e. The number of carbonyl (C=O) groups is 1. The molecule has 0 radical (unpaired) electrons. The van der Waals surface area contributed by atoms with Gasteiger partial charge in [-0.25, -0.2) is 8.42 Å². The molecule has 1 amide bonds. The van der Waals surface area contributed by atoms with Crippen molar-refractivity contribution in [1.29, 1.82) is 0 Å². The van der Waals surface area contributed by atoms with E-state index < -0.39 is 16.1 Å². The van der Waals surface area contributed by atoms with Crippen LogP contribution in [0.5, 0.6) is 5.75 Å². The largest absolute Gasteiger partial charge is 0.478 e. The van der Waals surface area contributed by atoms with E-state index in [9.17, 15) is 13.2 Å². The van der Waals surface area contributed by atoms with Crippen LogP contribution in [0.3, 0.4) is 0 Å². The number of carbonyl (C=O) groups excluding carboxylic acids is 1. The Morgan fingerprint density at radius 1 is 1.41 bits per heavy atom. The lowest BCUT2D eigenvalue weighted by molar-refractivity contribution is -0.122.